The number of rotatable bonds is 4. The maximum Gasteiger partial charge on any atom is 0.325 e. The van der Waals surface area contributed by atoms with Crippen molar-refractivity contribution < 1.29 is 14.3 Å². The Kier molecular flexibility index (Phi) is 4.89. The number of imide groups is 1. The molecule has 1 unspecified atom stereocenters. The lowest BCUT2D eigenvalue weighted by Crippen LogP contribution is -2.63. The standard InChI is InChI=1S/C17H24N4O3/c1-3-21-16(22)12-15(18-17(21)23)20-10-8-19(9-11-20)13-4-6-14(24-2)7-5-13/h4-7,15H,3,8-12H2,1-2H3,(H,18,23). The molecule has 3 amide bonds. The van der Waals surface area contributed by atoms with Gasteiger partial charge in [0, 0.05) is 38.4 Å². The highest BCUT2D eigenvalue weighted by atomic mass is 16.5. The summed E-state index contributed by atoms with van der Waals surface area (Å²) in [6, 6.07) is 7.75. The Morgan fingerprint density at radius 3 is 2.33 bits per heavy atom. The molecule has 1 aromatic carbocycles. The fraction of sp³-hybridized carbons (Fsp3) is 0.529. The quantitative estimate of drug-likeness (QED) is 0.895. The molecule has 2 saturated heterocycles. The fourth-order valence-corrected chi connectivity index (χ4v) is 3.29. The number of anilines is 1. The smallest absolute Gasteiger partial charge is 0.325 e. The monoisotopic (exact) mass is 332 g/mol. The van der Waals surface area contributed by atoms with Crippen molar-refractivity contribution in [3.63, 3.8) is 0 Å². The molecular weight excluding hydrogens is 308 g/mol. The predicted octanol–water partition coefficient (Wildman–Crippen LogP) is 1.11. The number of carbonyl (C=O) groups is 2. The molecule has 0 bridgehead atoms. The predicted molar refractivity (Wildman–Crippen MR) is 91.1 cm³/mol. The van der Waals surface area contributed by atoms with Crippen molar-refractivity contribution in [2.24, 2.45) is 0 Å². The van der Waals surface area contributed by atoms with Crippen molar-refractivity contribution in [3.8, 4) is 5.75 Å². The third-order valence-corrected chi connectivity index (χ3v) is 4.71. The largest absolute Gasteiger partial charge is 0.497 e. The number of hydrogen-bond donors (Lipinski definition) is 1. The van der Waals surface area contributed by atoms with E-state index in [-0.39, 0.29) is 18.1 Å². The molecule has 3 rings (SSSR count). The molecule has 1 aromatic rings. The number of nitrogens with zero attached hydrogens (tertiary/aromatic N) is 3. The van der Waals surface area contributed by atoms with E-state index in [1.165, 1.54) is 4.90 Å². The molecule has 0 spiro atoms. The molecule has 2 fully saturated rings. The molecule has 2 heterocycles. The number of amides is 3. The number of ether oxygens (including phenoxy) is 1. The average Bonchev–Trinajstić information content (AvgIpc) is 2.62. The Balaban J connectivity index is 1.57. The topological polar surface area (TPSA) is 65.1 Å². The number of nitrogens with one attached hydrogen (secondary N) is 1. The molecular formula is C17H24N4O3. The zero-order valence-electron chi connectivity index (χ0n) is 14.2. The Labute approximate surface area is 142 Å². The van der Waals surface area contributed by atoms with Gasteiger partial charge in [-0.3, -0.25) is 14.6 Å². The van der Waals surface area contributed by atoms with E-state index in [4.69, 9.17) is 4.74 Å². The van der Waals surface area contributed by atoms with Gasteiger partial charge in [0.05, 0.1) is 19.7 Å². The first kappa shape index (κ1) is 16.6. The first-order valence-electron chi connectivity index (χ1n) is 8.36. The number of carbonyl (C=O) groups excluding carboxylic acids is 2. The van der Waals surface area contributed by atoms with Crippen molar-refractivity contribution in [3.05, 3.63) is 24.3 Å². The Morgan fingerprint density at radius 2 is 1.79 bits per heavy atom. The molecule has 7 nitrogen and oxygen atoms in total. The molecule has 7 heteroatoms. The van der Waals surface area contributed by atoms with Gasteiger partial charge in [-0.05, 0) is 31.2 Å². The van der Waals surface area contributed by atoms with E-state index >= 15 is 0 Å². The van der Waals surface area contributed by atoms with Crippen LogP contribution >= 0.6 is 0 Å². The van der Waals surface area contributed by atoms with Gasteiger partial charge in [-0.25, -0.2) is 4.79 Å². The minimum absolute atomic E-state index is 0.0937. The van der Waals surface area contributed by atoms with Crippen LogP contribution in [0.2, 0.25) is 0 Å². The van der Waals surface area contributed by atoms with Gasteiger partial charge in [0.15, 0.2) is 0 Å². The summed E-state index contributed by atoms with van der Waals surface area (Å²) in [7, 11) is 1.66. The van der Waals surface area contributed by atoms with Crippen molar-refractivity contribution >= 4 is 17.6 Å². The summed E-state index contributed by atoms with van der Waals surface area (Å²) in [6.07, 6.45) is 0.160. The lowest BCUT2D eigenvalue weighted by Gasteiger charge is -2.42. The zero-order chi connectivity index (χ0) is 17.1. The van der Waals surface area contributed by atoms with Crippen LogP contribution in [0.4, 0.5) is 10.5 Å². The van der Waals surface area contributed by atoms with Crippen LogP contribution in [0, 0.1) is 0 Å². The van der Waals surface area contributed by atoms with Crippen molar-refractivity contribution in [2.75, 3.05) is 44.7 Å². The SMILES string of the molecule is CCN1C(=O)CC(N2CCN(c3ccc(OC)cc3)CC2)NC1=O. The van der Waals surface area contributed by atoms with Gasteiger partial charge in [-0.15, -0.1) is 0 Å². The lowest BCUT2D eigenvalue weighted by molar-refractivity contribution is -0.131. The first-order chi connectivity index (χ1) is 11.6. The minimum atomic E-state index is -0.281. The zero-order valence-corrected chi connectivity index (χ0v) is 14.2. The second kappa shape index (κ2) is 7.09. The maximum absolute atomic E-state index is 12.1. The Morgan fingerprint density at radius 1 is 1.12 bits per heavy atom. The summed E-state index contributed by atoms with van der Waals surface area (Å²) < 4.78 is 5.19. The summed E-state index contributed by atoms with van der Waals surface area (Å²) in [4.78, 5) is 29.8. The fourth-order valence-electron chi connectivity index (χ4n) is 3.29. The first-order valence-corrected chi connectivity index (χ1v) is 8.36. The van der Waals surface area contributed by atoms with Crippen LogP contribution in [0.5, 0.6) is 5.75 Å². The van der Waals surface area contributed by atoms with Gasteiger partial charge in [-0.1, -0.05) is 0 Å². The number of benzene rings is 1. The number of piperazine rings is 1. The molecule has 0 aromatic heterocycles. The normalized spacial score (nSPS) is 22.5. The van der Waals surface area contributed by atoms with Gasteiger partial charge in [-0.2, -0.15) is 0 Å². The average molecular weight is 332 g/mol. The lowest BCUT2D eigenvalue weighted by atomic mass is 10.1. The van der Waals surface area contributed by atoms with Gasteiger partial charge >= 0.3 is 6.03 Å². The minimum Gasteiger partial charge on any atom is -0.497 e. The number of hydrogen-bond acceptors (Lipinski definition) is 5. The summed E-state index contributed by atoms with van der Waals surface area (Å²) >= 11 is 0. The Bertz CT molecular complexity index is 578. The van der Waals surface area contributed by atoms with Crippen LogP contribution in [-0.4, -0.2) is 67.7 Å². The van der Waals surface area contributed by atoms with E-state index in [0.717, 1.165) is 37.6 Å². The van der Waals surface area contributed by atoms with Crippen LogP contribution in [-0.2, 0) is 4.79 Å². The highest BCUT2D eigenvalue weighted by Crippen LogP contribution is 2.21. The molecule has 1 atom stereocenters. The third kappa shape index (κ3) is 3.31. The molecule has 24 heavy (non-hydrogen) atoms. The van der Waals surface area contributed by atoms with Crippen LogP contribution in [0.1, 0.15) is 13.3 Å². The van der Waals surface area contributed by atoms with E-state index in [2.05, 4.69) is 27.2 Å². The highest BCUT2D eigenvalue weighted by molar-refractivity contribution is 5.97. The number of methoxy groups -OCH3 is 1. The molecule has 130 valence electrons. The summed E-state index contributed by atoms with van der Waals surface area (Å²) in [5, 5.41) is 2.94. The van der Waals surface area contributed by atoms with Crippen molar-refractivity contribution in [2.45, 2.75) is 19.5 Å². The summed E-state index contributed by atoms with van der Waals surface area (Å²) in [5.74, 6) is 0.755. The van der Waals surface area contributed by atoms with Gasteiger partial charge in [0.2, 0.25) is 5.91 Å². The van der Waals surface area contributed by atoms with E-state index in [1.54, 1.807) is 7.11 Å². The van der Waals surface area contributed by atoms with Crippen molar-refractivity contribution in [1.82, 2.24) is 15.1 Å². The van der Waals surface area contributed by atoms with E-state index < -0.39 is 0 Å². The number of urea groups is 1. The summed E-state index contributed by atoms with van der Waals surface area (Å²) in [6.45, 7) is 5.59. The third-order valence-electron chi connectivity index (χ3n) is 4.71. The second-order valence-electron chi connectivity index (χ2n) is 6.03. The summed E-state index contributed by atoms with van der Waals surface area (Å²) in [5.41, 5.74) is 1.16. The van der Waals surface area contributed by atoms with Crippen LogP contribution in [0.25, 0.3) is 0 Å². The molecule has 0 saturated carbocycles. The molecule has 0 aliphatic carbocycles. The van der Waals surface area contributed by atoms with E-state index in [9.17, 15) is 9.59 Å². The van der Waals surface area contributed by atoms with Crippen molar-refractivity contribution in [1.29, 1.82) is 0 Å². The van der Waals surface area contributed by atoms with Crippen LogP contribution in [0.15, 0.2) is 24.3 Å². The van der Waals surface area contributed by atoms with E-state index in [0.29, 0.717) is 13.0 Å². The van der Waals surface area contributed by atoms with E-state index in [1.807, 2.05) is 19.1 Å². The molecule has 0 radical (unpaired) electrons. The van der Waals surface area contributed by atoms with Crippen LogP contribution < -0.4 is 15.0 Å². The van der Waals surface area contributed by atoms with Gasteiger partial charge < -0.3 is 15.0 Å². The second-order valence-corrected chi connectivity index (χ2v) is 6.03. The molecule has 2 aliphatic heterocycles. The maximum atomic E-state index is 12.1. The highest BCUT2D eigenvalue weighted by Gasteiger charge is 2.35. The molecule has 1 N–H and O–H groups in total. The Hall–Kier alpha value is -2.28. The van der Waals surface area contributed by atoms with Crippen LogP contribution in [0.3, 0.4) is 0 Å². The van der Waals surface area contributed by atoms with Gasteiger partial charge in [0.1, 0.15) is 5.75 Å². The van der Waals surface area contributed by atoms with Gasteiger partial charge in [0.25, 0.3) is 0 Å². The molecule has 2 aliphatic rings.